The summed E-state index contributed by atoms with van der Waals surface area (Å²) in [5, 5.41) is 8.79. The lowest BCUT2D eigenvalue weighted by Crippen LogP contribution is -2.09. The van der Waals surface area contributed by atoms with Gasteiger partial charge in [-0.15, -0.1) is 0 Å². The van der Waals surface area contributed by atoms with Crippen molar-refractivity contribution < 1.29 is 0 Å². The van der Waals surface area contributed by atoms with Crippen LogP contribution in [0.5, 0.6) is 0 Å². The lowest BCUT2D eigenvalue weighted by molar-refractivity contribution is 0.420. The Morgan fingerprint density at radius 1 is 1.38 bits per heavy atom. The number of nitrogens with zero attached hydrogens (tertiary/aromatic N) is 1. The molecule has 0 heterocycles. The molecule has 2 rings (SSSR count). The van der Waals surface area contributed by atoms with Crippen LogP contribution in [0.3, 0.4) is 0 Å². The van der Waals surface area contributed by atoms with Crippen molar-refractivity contribution in [3.63, 3.8) is 0 Å². The molecule has 2 heteroatoms. The molecule has 0 spiro atoms. The Morgan fingerprint density at radius 3 is 2.69 bits per heavy atom. The molecule has 0 bridgehead atoms. The van der Waals surface area contributed by atoms with Crippen LogP contribution in [0.2, 0.25) is 0 Å². The van der Waals surface area contributed by atoms with Crippen molar-refractivity contribution in [1.82, 2.24) is 0 Å². The van der Waals surface area contributed by atoms with Gasteiger partial charge in [-0.05, 0) is 36.5 Å². The molecule has 66 valence electrons. The maximum Gasteiger partial charge on any atom is 0.101 e. The molecule has 0 aliphatic heterocycles. The summed E-state index contributed by atoms with van der Waals surface area (Å²) in [7, 11) is 0. The van der Waals surface area contributed by atoms with Gasteiger partial charge in [-0.1, -0.05) is 12.5 Å². The van der Waals surface area contributed by atoms with E-state index in [4.69, 9.17) is 11.0 Å². The van der Waals surface area contributed by atoms with Crippen molar-refractivity contribution in [1.29, 1.82) is 5.26 Å². The topological polar surface area (TPSA) is 49.8 Å². The molecule has 0 radical (unpaired) electrons. The quantitative estimate of drug-likeness (QED) is 0.661. The summed E-state index contributed by atoms with van der Waals surface area (Å²) >= 11 is 0. The van der Waals surface area contributed by atoms with Crippen molar-refractivity contribution in [2.75, 3.05) is 5.73 Å². The van der Waals surface area contributed by atoms with Crippen LogP contribution < -0.4 is 5.73 Å². The lowest BCUT2D eigenvalue weighted by atomic mass is 9.79. The molecule has 1 aromatic carbocycles. The van der Waals surface area contributed by atoms with E-state index < -0.39 is 0 Å². The fourth-order valence-corrected chi connectivity index (χ4v) is 1.67. The summed E-state index contributed by atoms with van der Waals surface area (Å²) in [5.41, 5.74) is 8.12. The first-order valence-electron chi connectivity index (χ1n) is 4.61. The Labute approximate surface area is 78.0 Å². The Balaban J connectivity index is 2.33. The van der Waals surface area contributed by atoms with Crippen molar-refractivity contribution in [2.24, 2.45) is 0 Å². The summed E-state index contributed by atoms with van der Waals surface area (Å²) < 4.78 is 0. The summed E-state index contributed by atoms with van der Waals surface area (Å²) in [6.45, 7) is 0. The second-order valence-corrected chi connectivity index (χ2v) is 3.59. The third-order valence-corrected chi connectivity index (χ3v) is 2.77. The fraction of sp³-hybridized carbons (Fsp3) is 0.364. The Kier molecular flexibility index (Phi) is 1.94. The van der Waals surface area contributed by atoms with E-state index in [0.717, 1.165) is 0 Å². The number of nitrogens with two attached hydrogens (primary N) is 1. The van der Waals surface area contributed by atoms with Crippen LogP contribution in [0.15, 0.2) is 18.2 Å². The van der Waals surface area contributed by atoms with Gasteiger partial charge in [0.05, 0.1) is 5.56 Å². The van der Waals surface area contributed by atoms with Crippen molar-refractivity contribution >= 4 is 5.69 Å². The van der Waals surface area contributed by atoms with Gasteiger partial charge in [-0.2, -0.15) is 5.26 Å². The summed E-state index contributed by atoms with van der Waals surface area (Å²) in [4.78, 5) is 0. The Bertz CT molecular complexity index is 359. The molecule has 0 atom stereocenters. The Morgan fingerprint density at radius 2 is 2.15 bits per heavy atom. The highest BCUT2D eigenvalue weighted by Gasteiger charge is 2.19. The number of hydrogen-bond donors (Lipinski definition) is 1. The van der Waals surface area contributed by atoms with Crippen LogP contribution in [-0.4, -0.2) is 0 Å². The minimum absolute atomic E-state index is 0.588. The first-order valence-corrected chi connectivity index (χ1v) is 4.61. The van der Waals surface area contributed by atoms with Gasteiger partial charge in [0.2, 0.25) is 0 Å². The largest absolute Gasteiger partial charge is 0.398 e. The number of benzene rings is 1. The van der Waals surface area contributed by atoms with Crippen LogP contribution in [-0.2, 0) is 0 Å². The molecule has 0 saturated heterocycles. The van der Waals surface area contributed by atoms with Gasteiger partial charge in [0.15, 0.2) is 0 Å². The lowest BCUT2D eigenvalue weighted by Gasteiger charge is -2.25. The highest BCUT2D eigenvalue weighted by Crippen LogP contribution is 2.37. The number of hydrogen-bond acceptors (Lipinski definition) is 2. The SMILES string of the molecule is N#Cc1cc(C2CCC2)ccc1N. The highest BCUT2D eigenvalue weighted by molar-refractivity contribution is 5.55. The van der Waals surface area contributed by atoms with Crippen molar-refractivity contribution in [2.45, 2.75) is 25.2 Å². The third-order valence-electron chi connectivity index (χ3n) is 2.77. The standard InChI is InChI=1S/C11H12N2/c12-7-10-6-9(4-5-11(10)13)8-2-1-3-8/h4-6,8H,1-3,13H2. The van der Waals surface area contributed by atoms with E-state index in [0.29, 0.717) is 17.2 Å². The van der Waals surface area contributed by atoms with Crippen LogP contribution >= 0.6 is 0 Å². The average Bonchev–Trinajstić information content (AvgIpc) is 2.05. The van der Waals surface area contributed by atoms with Crippen LogP contribution in [0, 0.1) is 11.3 Å². The predicted molar refractivity (Wildman–Crippen MR) is 52.2 cm³/mol. The van der Waals surface area contributed by atoms with Gasteiger partial charge in [-0.25, -0.2) is 0 Å². The van der Waals surface area contributed by atoms with Crippen molar-refractivity contribution in [3.8, 4) is 6.07 Å². The zero-order chi connectivity index (χ0) is 9.26. The van der Waals surface area contributed by atoms with E-state index in [1.54, 1.807) is 0 Å². The van der Waals surface area contributed by atoms with Gasteiger partial charge in [0.25, 0.3) is 0 Å². The zero-order valence-electron chi connectivity index (χ0n) is 7.46. The molecular formula is C11H12N2. The van der Waals surface area contributed by atoms with E-state index in [-0.39, 0.29) is 0 Å². The van der Waals surface area contributed by atoms with Gasteiger partial charge in [-0.3, -0.25) is 0 Å². The monoisotopic (exact) mass is 172 g/mol. The van der Waals surface area contributed by atoms with E-state index >= 15 is 0 Å². The van der Waals surface area contributed by atoms with E-state index in [1.165, 1.54) is 24.8 Å². The second kappa shape index (κ2) is 3.10. The zero-order valence-corrected chi connectivity index (χ0v) is 7.46. The van der Waals surface area contributed by atoms with Gasteiger partial charge < -0.3 is 5.73 Å². The minimum atomic E-state index is 0.588. The number of anilines is 1. The summed E-state index contributed by atoms with van der Waals surface area (Å²) in [5.74, 6) is 0.674. The molecule has 2 nitrogen and oxygen atoms in total. The number of rotatable bonds is 1. The first-order chi connectivity index (χ1) is 6.31. The van der Waals surface area contributed by atoms with E-state index in [9.17, 15) is 0 Å². The second-order valence-electron chi connectivity index (χ2n) is 3.59. The van der Waals surface area contributed by atoms with E-state index in [2.05, 4.69) is 6.07 Å². The highest BCUT2D eigenvalue weighted by atomic mass is 14.6. The van der Waals surface area contributed by atoms with Gasteiger partial charge >= 0.3 is 0 Å². The summed E-state index contributed by atoms with van der Waals surface area (Å²) in [6, 6.07) is 7.92. The maximum atomic E-state index is 8.79. The fourth-order valence-electron chi connectivity index (χ4n) is 1.67. The minimum Gasteiger partial charge on any atom is -0.398 e. The smallest absolute Gasteiger partial charge is 0.101 e. The predicted octanol–water partition coefficient (Wildman–Crippen LogP) is 2.41. The third kappa shape index (κ3) is 1.38. The molecule has 1 aliphatic rings. The molecule has 1 aromatic rings. The normalized spacial score (nSPS) is 16.2. The number of nitrogen functional groups attached to an aromatic ring is 1. The molecule has 0 aromatic heterocycles. The molecule has 13 heavy (non-hydrogen) atoms. The molecular weight excluding hydrogens is 160 g/mol. The Hall–Kier alpha value is -1.49. The summed E-state index contributed by atoms with van der Waals surface area (Å²) in [6.07, 6.45) is 3.83. The molecule has 1 saturated carbocycles. The van der Waals surface area contributed by atoms with Gasteiger partial charge in [0, 0.05) is 5.69 Å². The maximum absolute atomic E-state index is 8.79. The molecule has 2 N–H and O–H groups in total. The van der Waals surface area contributed by atoms with Crippen LogP contribution in [0.25, 0.3) is 0 Å². The van der Waals surface area contributed by atoms with E-state index in [1.807, 2.05) is 18.2 Å². The average molecular weight is 172 g/mol. The van der Waals surface area contributed by atoms with Crippen LogP contribution in [0.1, 0.15) is 36.3 Å². The molecule has 1 aliphatic carbocycles. The molecule has 0 unspecified atom stereocenters. The molecule has 0 amide bonds. The van der Waals surface area contributed by atoms with Crippen molar-refractivity contribution in [3.05, 3.63) is 29.3 Å². The first kappa shape index (κ1) is 8.12. The number of nitriles is 1. The van der Waals surface area contributed by atoms with Crippen LogP contribution in [0.4, 0.5) is 5.69 Å². The molecule has 1 fully saturated rings. The van der Waals surface area contributed by atoms with Gasteiger partial charge in [0.1, 0.15) is 6.07 Å².